The third-order valence-corrected chi connectivity index (χ3v) is 12.9. The number of allylic oxidation sites excluding steroid dienone is 2. The van der Waals surface area contributed by atoms with E-state index in [4.69, 9.17) is 0 Å². The second kappa shape index (κ2) is 7.47. The summed E-state index contributed by atoms with van der Waals surface area (Å²) in [6, 6.07) is 10.9. The molecular formula is C37H41N. The molecule has 0 radical (unpaired) electrons. The molecule has 38 heavy (non-hydrogen) atoms. The monoisotopic (exact) mass is 499 g/mol. The smallest absolute Gasteiger partial charge is 0.0702 e. The first-order chi connectivity index (χ1) is 18.8. The third kappa shape index (κ3) is 2.61. The fourth-order valence-corrected chi connectivity index (χ4v) is 11.8. The van der Waals surface area contributed by atoms with Gasteiger partial charge in [0.15, 0.2) is 0 Å². The summed E-state index contributed by atoms with van der Waals surface area (Å²) in [5.74, 6) is 6.53. The van der Waals surface area contributed by atoms with Crippen LogP contribution in [0.1, 0.15) is 141 Å². The Morgan fingerprint density at radius 3 is 2.34 bits per heavy atom. The van der Waals surface area contributed by atoms with Crippen LogP contribution in [0.2, 0.25) is 0 Å². The normalized spacial score (nSPS) is 40.1. The second-order valence-electron chi connectivity index (χ2n) is 14.7. The molecule has 9 aliphatic rings. The Kier molecular flexibility index (Phi) is 4.23. The summed E-state index contributed by atoms with van der Waals surface area (Å²) >= 11 is 0. The number of anilines is 2. The van der Waals surface area contributed by atoms with E-state index in [1.165, 1.54) is 70.6 Å². The fraction of sp³-hybridized carbons (Fsp3) is 0.568. The molecule has 6 bridgehead atoms. The molecule has 2 aromatic carbocycles. The molecule has 7 aliphatic carbocycles. The van der Waals surface area contributed by atoms with Crippen molar-refractivity contribution in [3.63, 3.8) is 0 Å². The Labute approximate surface area is 228 Å². The SMILES string of the molecule is CCC1CC2CCCC(C2)c2c1ccc1c2N2c3c(ccc4c3C3CC5CC(CC4C5)C3)C3C=CC=C1C32. The van der Waals surface area contributed by atoms with Gasteiger partial charge < -0.3 is 4.90 Å². The summed E-state index contributed by atoms with van der Waals surface area (Å²) in [4.78, 5) is 3.00. The van der Waals surface area contributed by atoms with E-state index in [2.05, 4.69) is 54.3 Å². The second-order valence-corrected chi connectivity index (χ2v) is 14.7. The lowest BCUT2D eigenvalue weighted by molar-refractivity contribution is 0.166. The molecule has 2 heterocycles. The molecule has 7 unspecified atom stereocenters. The van der Waals surface area contributed by atoms with Gasteiger partial charge in [-0.15, -0.1) is 0 Å². The van der Waals surface area contributed by atoms with E-state index in [0.29, 0.717) is 12.0 Å². The van der Waals surface area contributed by atoms with Gasteiger partial charge in [-0.1, -0.05) is 62.3 Å². The maximum atomic E-state index is 3.00. The molecule has 3 saturated carbocycles. The van der Waals surface area contributed by atoms with Crippen LogP contribution in [-0.4, -0.2) is 6.04 Å². The average Bonchev–Trinajstić information content (AvgIpc) is 3.36. The minimum atomic E-state index is 0.489. The lowest BCUT2D eigenvalue weighted by Crippen LogP contribution is -2.28. The van der Waals surface area contributed by atoms with E-state index in [0.717, 1.165) is 41.4 Å². The largest absolute Gasteiger partial charge is 0.332 e. The molecule has 1 nitrogen and oxygen atoms in total. The van der Waals surface area contributed by atoms with Gasteiger partial charge in [0.1, 0.15) is 0 Å². The van der Waals surface area contributed by atoms with Gasteiger partial charge in [0.05, 0.1) is 11.7 Å². The van der Waals surface area contributed by atoms with Gasteiger partial charge in [0.2, 0.25) is 0 Å². The molecule has 0 spiro atoms. The molecule has 1 heteroatoms. The topological polar surface area (TPSA) is 3.24 Å². The quantitative estimate of drug-likeness (QED) is 0.377. The number of rotatable bonds is 1. The first kappa shape index (κ1) is 21.5. The van der Waals surface area contributed by atoms with E-state index >= 15 is 0 Å². The minimum absolute atomic E-state index is 0.489. The summed E-state index contributed by atoms with van der Waals surface area (Å²) in [6.45, 7) is 2.45. The molecule has 194 valence electrons. The van der Waals surface area contributed by atoms with Crippen molar-refractivity contribution in [3.05, 3.63) is 75.9 Å². The van der Waals surface area contributed by atoms with Crippen LogP contribution in [0.25, 0.3) is 5.57 Å². The van der Waals surface area contributed by atoms with E-state index in [1.807, 2.05) is 5.56 Å². The van der Waals surface area contributed by atoms with E-state index in [1.54, 1.807) is 44.8 Å². The van der Waals surface area contributed by atoms with Crippen molar-refractivity contribution in [2.24, 2.45) is 17.8 Å². The van der Waals surface area contributed by atoms with Crippen LogP contribution >= 0.6 is 0 Å². The van der Waals surface area contributed by atoms with Crippen molar-refractivity contribution in [2.45, 2.75) is 113 Å². The lowest BCUT2D eigenvalue weighted by atomic mass is 9.67. The number of benzene rings is 2. The third-order valence-electron chi connectivity index (χ3n) is 12.9. The van der Waals surface area contributed by atoms with Crippen LogP contribution in [0.4, 0.5) is 11.4 Å². The maximum Gasteiger partial charge on any atom is 0.0702 e. The molecule has 0 amide bonds. The zero-order valence-corrected chi connectivity index (χ0v) is 23.0. The molecule has 2 aliphatic heterocycles. The van der Waals surface area contributed by atoms with Gasteiger partial charge >= 0.3 is 0 Å². The molecule has 0 saturated heterocycles. The van der Waals surface area contributed by atoms with Crippen molar-refractivity contribution in [1.82, 2.24) is 0 Å². The highest BCUT2D eigenvalue weighted by Crippen LogP contribution is 2.66. The average molecular weight is 500 g/mol. The highest BCUT2D eigenvalue weighted by Gasteiger charge is 2.53. The Bertz CT molecular complexity index is 1430. The van der Waals surface area contributed by atoms with Crippen molar-refractivity contribution in [2.75, 3.05) is 4.90 Å². The fourth-order valence-electron chi connectivity index (χ4n) is 11.8. The first-order valence-corrected chi connectivity index (χ1v) is 16.3. The molecule has 0 N–H and O–H groups in total. The summed E-state index contributed by atoms with van der Waals surface area (Å²) < 4.78 is 0. The number of nitrogens with zero attached hydrogens (tertiary/aromatic N) is 1. The van der Waals surface area contributed by atoms with E-state index in [-0.39, 0.29) is 0 Å². The maximum absolute atomic E-state index is 3.00. The number of hydrogen-bond donors (Lipinski definition) is 0. The summed E-state index contributed by atoms with van der Waals surface area (Å²) in [5, 5.41) is 0. The standard InChI is InChI=1S/C37H41N/c1-2-23-14-20-5-3-6-24(15-20)33-27(23)9-11-31-29-7-4-8-30-32-12-10-28-25-16-21-13-22(17-25)19-26(18-21)34(28)37(32)38(35(29)30)36(31)33/h4,7-12,20-26,30,35H,2-3,5-6,13-19H2,1H3. The van der Waals surface area contributed by atoms with Gasteiger partial charge in [0.25, 0.3) is 0 Å². The van der Waals surface area contributed by atoms with Crippen LogP contribution in [0.5, 0.6) is 0 Å². The van der Waals surface area contributed by atoms with Crippen molar-refractivity contribution >= 4 is 16.9 Å². The van der Waals surface area contributed by atoms with Crippen LogP contribution in [-0.2, 0) is 0 Å². The highest BCUT2D eigenvalue weighted by atomic mass is 15.2. The zero-order chi connectivity index (χ0) is 24.7. The molecular weight excluding hydrogens is 458 g/mol. The van der Waals surface area contributed by atoms with Gasteiger partial charge in [-0.2, -0.15) is 0 Å². The zero-order valence-electron chi connectivity index (χ0n) is 23.0. The number of hydrogen-bond acceptors (Lipinski definition) is 1. The van der Waals surface area contributed by atoms with Crippen molar-refractivity contribution in [3.8, 4) is 0 Å². The van der Waals surface area contributed by atoms with E-state index in [9.17, 15) is 0 Å². The minimum Gasteiger partial charge on any atom is -0.332 e. The Morgan fingerprint density at radius 1 is 0.711 bits per heavy atom. The Hall–Kier alpha value is -2.28. The summed E-state index contributed by atoms with van der Waals surface area (Å²) in [7, 11) is 0. The Balaban J connectivity index is 1.26. The van der Waals surface area contributed by atoms with Gasteiger partial charge in [-0.05, 0) is 133 Å². The molecule has 0 aromatic heterocycles. The predicted molar refractivity (Wildman–Crippen MR) is 157 cm³/mol. The van der Waals surface area contributed by atoms with Gasteiger partial charge in [-0.25, -0.2) is 0 Å². The van der Waals surface area contributed by atoms with Crippen LogP contribution in [0, 0.1) is 17.8 Å². The molecule has 11 rings (SSSR count). The van der Waals surface area contributed by atoms with Crippen molar-refractivity contribution < 1.29 is 0 Å². The van der Waals surface area contributed by atoms with Crippen LogP contribution in [0.3, 0.4) is 0 Å². The van der Waals surface area contributed by atoms with Crippen LogP contribution in [0.15, 0.2) is 42.5 Å². The molecule has 3 fully saturated rings. The molecule has 7 atom stereocenters. The summed E-state index contributed by atoms with van der Waals surface area (Å²) in [5.41, 5.74) is 15.4. The predicted octanol–water partition coefficient (Wildman–Crippen LogP) is 9.82. The van der Waals surface area contributed by atoms with E-state index < -0.39 is 0 Å². The number of fused-ring (bicyclic) bond motifs is 11. The van der Waals surface area contributed by atoms with Crippen LogP contribution < -0.4 is 4.90 Å². The molecule has 2 aromatic rings. The van der Waals surface area contributed by atoms with Gasteiger partial charge in [0, 0.05) is 17.2 Å². The lowest BCUT2D eigenvalue weighted by Gasteiger charge is -2.38. The summed E-state index contributed by atoms with van der Waals surface area (Å²) in [6.07, 6.45) is 23.3. The highest BCUT2D eigenvalue weighted by molar-refractivity contribution is 6.00. The first-order valence-electron chi connectivity index (χ1n) is 16.3. The Morgan fingerprint density at radius 2 is 1.47 bits per heavy atom. The van der Waals surface area contributed by atoms with Gasteiger partial charge in [-0.3, -0.25) is 0 Å². The van der Waals surface area contributed by atoms with Crippen molar-refractivity contribution in [1.29, 1.82) is 0 Å².